The van der Waals surface area contributed by atoms with Gasteiger partial charge in [-0.05, 0) is 42.5 Å². The standard InChI is InChI=1S/C18H15FN4O2/c1-25-12-5-3-11(4-6-12)23-9-15(24)16(17(23)20)18-21-13-7-2-10(19)8-14(13)22-18/h2-8,20,24H,9H2,1H3,(H,21,22). The van der Waals surface area contributed by atoms with Crippen molar-refractivity contribution in [3.63, 3.8) is 0 Å². The van der Waals surface area contributed by atoms with Crippen LogP contribution >= 0.6 is 0 Å². The predicted molar refractivity (Wildman–Crippen MR) is 93.7 cm³/mol. The number of hydrogen-bond donors (Lipinski definition) is 3. The molecule has 1 aliphatic rings. The summed E-state index contributed by atoms with van der Waals surface area (Å²) >= 11 is 0. The molecule has 0 saturated carbocycles. The van der Waals surface area contributed by atoms with Crippen LogP contribution in [-0.2, 0) is 0 Å². The number of fused-ring (bicyclic) bond motifs is 1. The number of H-pyrrole nitrogens is 1. The molecule has 1 aromatic heterocycles. The Bertz CT molecular complexity index is 1010. The molecular formula is C18H15FN4O2. The van der Waals surface area contributed by atoms with E-state index >= 15 is 0 Å². The Balaban J connectivity index is 1.69. The molecule has 0 atom stereocenters. The number of anilines is 1. The van der Waals surface area contributed by atoms with E-state index in [1.807, 2.05) is 12.1 Å². The van der Waals surface area contributed by atoms with Gasteiger partial charge in [-0.25, -0.2) is 9.37 Å². The third-order valence-corrected chi connectivity index (χ3v) is 4.17. The van der Waals surface area contributed by atoms with E-state index in [9.17, 15) is 9.50 Å². The molecule has 0 aliphatic carbocycles. The van der Waals surface area contributed by atoms with Crippen LogP contribution in [0.4, 0.5) is 10.1 Å². The van der Waals surface area contributed by atoms with Gasteiger partial charge in [-0.1, -0.05) is 0 Å². The fourth-order valence-electron chi connectivity index (χ4n) is 2.91. The molecule has 0 radical (unpaired) electrons. The fraction of sp³-hybridized carbons (Fsp3) is 0.111. The molecule has 0 bridgehead atoms. The van der Waals surface area contributed by atoms with Crippen LogP contribution in [0.25, 0.3) is 16.6 Å². The van der Waals surface area contributed by atoms with Crippen molar-refractivity contribution >= 4 is 28.1 Å². The molecule has 25 heavy (non-hydrogen) atoms. The van der Waals surface area contributed by atoms with E-state index in [1.54, 1.807) is 30.2 Å². The van der Waals surface area contributed by atoms with E-state index in [0.29, 0.717) is 28.2 Å². The first-order valence-corrected chi connectivity index (χ1v) is 7.65. The van der Waals surface area contributed by atoms with Crippen LogP contribution in [0.15, 0.2) is 48.2 Å². The Morgan fingerprint density at radius 3 is 2.72 bits per heavy atom. The summed E-state index contributed by atoms with van der Waals surface area (Å²) < 4.78 is 18.5. The van der Waals surface area contributed by atoms with Crippen molar-refractivity contribution in [3.8, 4) is 5.75 Å². The number of amidine groups is 1. The Hall–Kier alpha value is -3.35. The van der Waals surface area contributed by atoms with Gasteiger partial charge in [0.1, 0.15) is 29.0 Å². The molecule has 3 aromatic rings. The van der Waals surface area contributed by atoms with Crippen LogP contribution in [0.1, 0.15) is 5.82 Å². The quantitative estimate of drug-likeness (QED) is 0.682. The molecule has 3 N–H and O–H groups in total. The highest BCUT2D eigenvalue weighted by Crippen LogP contribution is 2.31. The highest BCUT2D eigenvalue weighted by atomic mass is 19.1. The van der Waals surface area contributed by atoms with Gasteiger partial charge in [0.25, 0.3) is 0 Å². The number of nitrogens with zero attached hydrogens (tertiary/aromatic N) is 2. The Kier molecular flexibility index (Phi) is 3.42. The predicted octanol–water partition coefficient (Wildman–Crippen LogP) is 3.48. The number of methoxy groups -OCH3 is 1. The number of rotatable bonds is 3. The topological polar surface area (TPSA) is 85.2 Å². The molecule has 0 saturated heterocycles. The van der Waals surface area contributed by atoms with Crippen LogP contribution < -0.4 is 9.64 Å². The van der Waals surface area contributed by atoms with Crippen LogP contribution in [0.3, 0.4) is 0 Å². The van der Waals surface area contributed by atoms with E-state index < -0.39 is 0 Å². The highest BCUT2D eigenvalue weighted by molar-refractivity contribution is 6.30. The monoisotopic (exact) mass is 338 g/mol. The number of halogens is 1. The van der Waals surface area contributed by atoms with Gasteiger partial charge < -0.3 is 19.7 Å². The summed E-state index contributed by atoms with van der Waals surface area (Å²) in [6, 6.07) is 11.4. The van der Waals surface area contributed by atoms with Gasteiger partial charge in [0.05, 0.1) is 30.3 Å². The zero-order valence-electron chi connectivity index (χ0n) is 13.4. The lowest BCUT2D eigenvalue weighted by Crippen LogP contribution is -2.26. The fourth-order valence-corrected chi connectivity index (χ4v) is 2.91. The lowest BCUT2D eigenvalue weighted by molar-refractivity contribution is 0.411. The number of imidazole rings is 1. The SMILES string of the molecule is COc1ccc(N2CC(O)=C(c3nc4ccc(F)cc4[nH]3)C2=N)cc1. The summed E-state index contributed by atoms with van der Waals surface area (Å²) in [5.41, 5.74) is 2.17. The van der Waals surface area contributed by atoms with Gasteiger partial charge >= 0.3 is 0 Å². The van der Waals surface area contributed by atoms with E-state index in [1.165, 1.54) is 12.1 Å². The number of aliphatic hydroxyl groups is 1. The first-order chi connectivity index (χ1) is 12.1. The number of nitrogens with one attached hydrogen (secondary N) is 2. The minimum absolute atomic E-state index is 0.0420. The van der Waals surface area contributed by atoms with Gasteiger partial charge in [-0.15, -0.1) is 0 Å². The molecule has 2 aromatic carbocycles. The minimum Gasteiger partial charge on any atom is -0.509 e. The molecule has 0 fully saturated rings. The van der Waals surface area contributed by atoms with Crippen molar-refractivity contribution in [3.05, 3.63) is 59.9 Å². The second kappa shape index (κ2) is 5.62. The summed E-state index contributed by atoms with van der Waals surface area (Å²) in [4.78, 5) is 9.00. The maximum Gasteiger partial charge on any atom is 0.145 e. The number of aromatic nitrogens is 2. The van der Waals surface area contributed by atoms with Crippen molar-refractivity contribution < 1.29 is 14.2 Å². The summed E-state index contributed by atoms with van der Waals surface area (Å²) in [5.74, 6) is 0.857. The molecule has 6 nitrogen and oxygen atoms in total. The smallest absolute Gasteiger partial charge is 0.145 e. The summed E-state index contributed by atoms with van der Waals surface area (Å²) in [6.07, 6.45) is 0. The van der Waals surface area contributed by atoms with Crippen molar-refractivity contribution in [2.75, 3.05) is 18.6 Å². The third kappa shape index (κ3) is 2.50. The average molecular weight is 338 g/mol. The number of ether oxygens (including phenoxy) is 1. The maximum atomic E-state index is 13.4. The van der Waals surface area contributed by atoms with Crippen LogP contribution in [0, 0.1) is 11.2 Å². The molecule has 1 aliphatic heterocycles. The summed E-state index contributed by atoms with van der Waals surface area (Å²) in [7, 11) is 1.59. The van der Waals surface area contributed by atoms with Crippen molar-refractivity contribution in [2.45, 2.75) is 0 Å². The summed E-state index contributed by atoms with van der Waals surface area (Å²) in [6.45, 7) is 0.173. The second-order valence-electron chi connectivity index (χ2n) is 5.70. The van der Waals surface area contributed by atoms with Crippen LogP contribution in [0.2, 0.25) is 0 Å². The average Bonchev–Trinajstić information content (AvgIpc) is 3.14. The third-order valence-electron chi connectivity index (χ3n) is 4.17. The van der Waals surface area contributed by atoms with Crippen LogP contribution in [-0.4, -0.2) is 34.6 Å². The lowest BCUT2D eigenvalue weighted by Gasteiger charge is -2.18. The van der Waals surface area contributed by atoms with Crippen LogP contribution in [0.5, 0.6) is 5.75 Å². The Labute approximate surface area is 142 Å². The molecule has 126 valence electrons. The molecule has 7 heteroatoms. The van der Waals surface area contributed by atoms with Gasteiger partial charge in [-0.3, -0.25) is 5.41 Å². The zero-order valence-corrected chi connectivity index (χ0v) is 13.4. The number of aromatic amines is 1. The first-order valence-electron chi connectivity index (χ1n) is 7.65. The van der Waals surface area contributed by atoms with E-state index in [4.69, 9.17) is 10.1 Å². The Morgan fingerprint density at radius 2 is 2.00 bits per heavy atom. The maximum absolute atomic E-state index is 13.4. The summed E-state index contributed by atoms with van der Waals surface area (Å²) in [5, 5.41) is 18.8. The molecule has 2 heterocycles. The number of benzene rings is 2. The van der Waals surface area contributed by atoms with E-state index in [-0.39, 0.29) is 24.0 Å². The van der Waals surface area contributed by atoms with E-state index in [2.05, 4.69) is 9.97 Å². The van der Waals surface area contributed by atoms with Crippen molar-refractivity contribution in [2.24, 2.45) is 0 Å². The lowest BCUT2D eigenvalue weighted by atomic mass is 10.2. The zero-order chi connectivity index (χ0) is 17.6. The highest BCUT2D eigenvalue weighted by Gasteiger charge is 2.31. The molecule has 4 rings (SSSR count). The second-order valence-corrected chi connectivity index (χ2v) is 5.70. The largest absolute Gasteiger partial charge is 0.509 e. The molecular weight excluding hydrogens is 323 g/mol. The van der Waals surface area contributed by atoms with Crippen molar-refractivity contribution in [1.82, 2.24) is 9.97 Å². The Morgan fingerprint density at radius 1 is 1.24 bits per heavy atom. The number of hydrogen-bond acceptors (Lipinski definition) is 4. The first kappa shape index (κ1) is 15.2. The molecule has 0 unspecified atom stereocenters. The molecule has 0 amide bonds. The number of aliphatic hydroxyl groups excluding tert-OH is 1. The van der Waals surface area contributed by atoms with Crippen molar-refractivity contribution in [1.29, 1.82) is 5.41 Å². The van der Waals surface area contributed by atoms with E-state index in [0.717, 1.165) is 5.69 Å². The minimum atomic E-state index is -0.373. The normalized spacial score (nSPS) is 14.6. The van der Waals surface area contributed by atoms with Gasteiger partial charge in [0.15, 0.2) is 0 Å². The molecule has 0 spiro atoms. The van der Waals surface area contributed by atoms with Gasteiger partial charge in [0.2, 0.25) is 0 Å². The van der Waals surface area contributed by atoms with Gasteiger partial charge in [0, 0.05) is 5.69 Å². The van der Waals surface area contributed by atoms with Gasteiger partial charge in [-0.2, -0.15) is 0 Å².